The minimum atomic E-state index is -1.26. The third-order valence-corrected chi connectivity index (χ3v) is 8.80. The van der Waals surface area contributed by atoms with E-state index in [2.05, 4.69) is 42.3 Å². The second-order valence-corrected chi connectivity index (χ2v) is 11.5. The summed E-state index contributed by atoms with van der Waals surface area (Å²) >= 11 is 0. The predicted octanol–water partition coefficient (Wildman–Crippen LogP) is 3.75. The lowest BCUT2D eigenvalue weighted by molar-refractivity contribution is -0.140. The first-order valence-corrected chi connectivity index (χ1v) is 13.5. The number of halogens is 2. The number of likely N-dealkylation sites (tertiary alicyclic amines) is 2. The number of nitrogens with one attached hydrogen (secondary N) is 1. The van der Waals surface area contributed by atoms with Gasteiger partial charge in [-0.25, -0.2) is 8.78 Å². The van der Waals surface area contributed by atoms with Crippen LogP contribution < -0.4 is 5.32 Å². The topological polar surface area (TPSA) is 76.0 Å². The molecular formula is C30H37F2N3O3. The molecule has 2 unspecified atom stereocenters. The van der Waals surface area contributed by atoms with Gasteiger partial charge in [0.25, 0.3) is 0 Å². The highest BCUT2D eigenvalue weighted by Gasteiger charge is 2.46. The Morgan fingerprint density at radius 1 is 1.13 bits per heavy atom. The van der Waals surface area contributed by atoms with Crippen molar-refractivity contribution in [1.29, 1.82) is 0 Å². The Labute approximate surface area is 223 Å². The molecule has 0 saturated carbocycles. The van der Waals surface area contributed by atoms with Gasteiger partial charge >= 0.3 is 0 Å². The van der Waals surface area contributed by atoms with Crippen molar-refractivity contribution in [3.8, 4) is 0 Å². The number of aryl methyl sites for hydroxylation is 1. The predicted molar refractivity (Wildman–Crippen MR) is 144 cm³/mol. The number of anilines is 1. The molecule has 2 aromatic carbocycles. The van der Waals surface area contributed by atoms with E-state index in [1.165, 1.54) is 29.0 Å². The molecule has 3 heterocycles. The minimum Gasteiger partial charge on any atom is -0.389 e. The molecule has 38 heavy (non-hydrogen) atoms. The maximum Gasteiger partial charge on any atom is 0.246 e. The van der Waals surface area contributed by atoms with Gasteiger partial charge in [-0.05, 0) is 73.9 Å². The Bertz CT molecular complexity index is 1210. The molecule has 1 spiro atoms. The fraction of sp³-hybridized carbons (Fsp3) is 0.500. The number of rotatable bonds is 5. The number of hydrogen-bond acceptors (Lipinski definition) is 5. The summed E-state index contributed by atoms with van der Waals surface area (Å²) in [5.41, 5.74) is 2.91. The van der Waals surface area contributed by atoms with E-state index in [9.17, 15) is 23.8 Å². The monoisotopic (exact) mass is 525 g/mol. The molecule has 0 aliphatic carbocycles. The molecule has 0 aromatic heterocycles. The van der Waals surface area contributed by atoms with Crippen molar-refractivity contribution in [2.75, 3.05) is 38.0 Å². The van der Waals surface area contributed by atoms with Gasteiger partial charge in [-0.15, -0.1) is 0 Å². The first-order chi connectivity index (χ1) is 18.0. The highest BCUT2D eigenvalue weighted by molar-refractivity contribution is 5.91. The Morgan fingerprint density at radius 2 is 1.84 bits per heavy atom. The van der Waals surface area contributed by atoms with Gasteiger partial charge in [0, 0.05) is 56.1 Å². The fourth-order valence-electron chi connectivity index (χ4n) is 6.32. The maximum absolute atomic E-state index is 13.4. The van der Waals surface area contributed by atoms with Crippen LogP contribution in [-0.4, -0.2) is 75.9 Å². The standard InChI is InChI=1S/C30H37F2N3O3/c1-20-3-5-26-23(13-20)17-29(33-26)7-10-34(18-21(29)2)19-27(36)30(38)8-11-35(12-9-30)28(37)6-4-22-14-24(31)16-25(32)15-22/h3-6,13-16,21,27,33,36,38H,7-12,17-19H2,1-2H3/b6-4+/t21-,27?,29?/m0/s1. The van der Waals surface area contributed by atoms with Gasteiger partial charge in [0.1, 0.15) is 11.6 Å². The van der Waals surface area contributed by atoms with Gasteiger partial charge in [-0.3, -0.25) is 4.79 Å². The molecule has 1 amide bonds. The van der Waals surface area contributed by atoms with Crippen LogP contribution in [0, 0.1) is 24.5 Å². The van der Waals surface area contributed by atoms with Crippen molar-refractivity contribution in [2.24, 2.45) is 5.92 Å². The Balaban J connectivity index is 1.12. The largest absolute Gasteiger partial charge is 0.389 e. The summed E-state index contributed by atoms with van der Waals surface area (Å²) in [6, 6.07) is 9.68. The highest BCUT2D eigenvalue weighted by atomic mass is 19.1. The molecule has 3 atom stereocenters. The molecule has 3 aliphatic rings. The summed E-state index contributed by atoms with van der Waals surface area (Å²) in [5, 5.41) is 26.1. The van der Waals surface area contributed by atoms with Crippen molar-refractivity contribution >= 4 is 17.7 Å². The van der Waals surface area contributed by atoms with Crippen molar-refractivity contribution < 1.29 is 23.8 Å². The summed E-state index contributed by atoms with van der Waals surface area (Å²) in [7, 11) is 0. The molecule has 2 fully saturated rings. The zero-order chi connectivity index (χ0) is 27.1. The summed E-state index contributed by atoms with van der Waals surface area (Å²) in [5.74, 6) is -1.32. The number of carbonyl (C=O) groups is 1. The van der Waals surface area contributed by atoms with E-state index in [4.69, 9.17) is 0 Å². The number of carbonyl (C=O) groups excluding carboxylic acids is 1. The van der Waals surface area contributed by atoms with Crippen LogP contribution in [0.4, 0.5) is 14.5 Å². The minimum absolute atomic E-state index is 0.0327. The second kappa shape index (κ2) is 10.4. The SMILES string of the molecule is Cc1ccc2c(c1)CC1(CCN(CC(O)C3(O)CCN(C(=O)/C=C/c4cc(F)cc(F)c4)CC3)C[C@@H]1C)N2. The zero-order valence-electron chi connectivity index (χ0n) is 22.1. The van der Waals surface area contributed by atoms with Crippen LogP contribution >= 0.6 is 0 Å². The van der Waals surface area contributed by atoms with E-state index < -0.39 is 23.3 Å². The second-order valence-electron chi connectivity index (χ2n) is 11.5. The lowest BCUT2D eigenvalue weighted by Crippen LogP contribution is -2.59. The van der Waals surface area contributed by atoms with Crippen molar-refractivity contribution in [3.63, 3.8) is 0 Å². The quantitative estimate of drug-likeness (QED) is 0.519. The number of nitrogens with zero attached hydrogens (tertiary/aromatic N) is 2. The number of piperidine rings is 2. The number of aliphatic hydroxyl groups is 2. The maximum atomic E-state index is 13.4. The molecule has 3 aliphatic heterocycles. The van der Waals surface area contributed by atoms with Gasteiger partial charge < -0.3 is 25.3 Å². The third kappa shape index (κ3) is 5.48. The van der Waals surface area contributed by atoms with E-state index >= 15 is 0 Å². The number of benzene rings is 2. The molecule has 5 rings (SSSR count). The first kappa shape index (κ1) is 26.8. The molecule has 8 heteroatoms. The van der Waals surface area contributed by atoms with Crippen LogP contribution in [0.2, 0.25) is 0 Å². The average Bonchev–Trinajstić information content (AvgIpc) is 3.23. The lowest BCUT2D eigenvalue weighted by atomic mass is 9.76. The molecule has 0 bridgehead atoms. The molecule has 2 aromatic rings. The molecule has 6 nitrogen and oxygen atoms in total. The van der Waals surface area contributed by atoms with Gasteiger partial charge in [-0.1, -0.05) is 24.6 Å². The first-order valence-electron chi connectivity index (χ1n) is 13.5. The molecule has 0 radical (unpaired) electrons. The molecular weight excluding hydrogens is 488 g/mol. The van der Waals surface area contributed by atoms with E-state index in [1.54, 1.807) is 4.90 Å². The summed E-state index contributed by atoms with van der Waals surface area (Å²) in [4.78, 5) is 16.4. The van der Waals surface area contributed by atoms with Crippen molar-refractivity contribution in [2.45, 2.75) is 56.8 Å². The van der Waals surface area contributed by atoms with Gasteiger partial charge in [0.15, 0.2) is 0 Å². The Hall–Kier alpha value is -2.81. The van der Waals surface area contributed by atoms with E-state index in [-0.39, 0.29) is 29.9 Å². The average molecular weight is 526 g/mol. The van der Waals surface area contributed by atoms with Crippen molar-refractivity contribution in [1.82, 2.24) is 9.80 Å². The number of fused-ring (bicyclic) bond motifs is 1. The van der Waals surface area contributed by atoms with E-state index in [0.717, 1.165) is 44.1 Å². The normalized spacial score (nSPS) is 25.9. The van der Waals surface area contributed by atoms with Crippen LogP contribution in [0.15, 0.2) is 42.5 Å². The smallest absolute Gasteiger partial charge is 0.246 e. The molecule has 3 N–H and O–H groups in total. The summed E-state index contributed by atoms with van der Waals surface area (Å²) in [6.07, 6.45) is 4.28. The number of hydrogen-bond donors (Lipinski definition) is 3. The fourth-order valence-corrected chi connectivity index (χ4v) is 6.32. The van der Waals surface area contributed by atoms with Gasteiger partial charge in [0.2, 0.25) is 5.91 Å². The summed E-state index contributed by atoms with van der Waals surface area (Å²) < 4.78 is 26.8. The third-order valence-electron chi connectivity index (χ3n) is 8.80. The van der Waals surface area contributed by atoms with E-state index in [0.29, 0.717) is 25.6 Å². The highest BCUT2D eigenvalue weighted by Crippen LogP contribution is 2.42. The van der Waals surface area contributed by atoms with Crippen LogP contribution in [0.1, 0.15) is 42.9 Å². The van der Waals surface area contributed by atoms with Crippen LogP contribution in [0.25, 0.3) is 6.08 Å². The number of β-amino-alcohol motifs (C(OH)–C–C–N with tert-alkyl or cyclic N) is 1. The Kier molecular flexibility index (Phi) is 7.33. The molecule has 204 valence electrons. The van der Waals surface area contributed by atoms with Gasteiger partial charge in [0.05, 0.1) is 11.7 Å². The van der Waals surface area contributed by atoms with Gasteiger partial charge in [-0.2, -0.15) is 0 Å². The lowest BCUT2D eigenvalue weighted by Gasteiger charge is -2.47. The van der Waals surface area contributed by atoms with Crippen LogP contribution in [0.5, 0.6) is 0 Å². The zero-order valence-corrected chi connectivity index (χ0v) is 22.1. The van der Waals surface area contributed by atoms with Crippen molar-refractivity contribution in [3.05, 3.63) is 70.8 Å². The number of aliphatic hydroxyl groups excluding tert-OH is 1. The number of amides is 1. The van der Waals surface area contributed by atoms with E-state index in [1.807, 2.05) is 0 Å². The van der Waals surface area contributed by atoms with Crippen LogP contribution in [0.3, 0.4) is 0 Å². The Morgan fingerprint density at radius 3 is 2.53 bits per heavy atom. The summed E-state index contributed by atoms with van der Waals surface area (Å²) in [6.45, 7) is 7.05. The molecule has 2 saturated heterocycles. The van der Waals surface area contributed by atoms with Crippen LogP contribution in [-0.2, 0) is 11.2 Å².